The molecule has 0 N–H and O–H groups in total. The van der Waals surface area contributed by atoms with E-state index in [1.54, 1.807) is 13.8 Å². The fourth-order valence-electron chi connectivity index (χ4n) is 4.91. The summed E-state index contributed by atoms with van der Waals surface area (Å²) < 4.78 is 103. The number of amides is 2. The number of methoxy groups -OCH3 is 2. The number of ether oxygens (including phenoxy) is 4. The van der Waals surface area contributed by atoms with Gasteiger partial charge in [-0.15, -0.1) is 0 Å². The Kier molecular flexibility index (Phi) is 10.7. The molecule has 0 aromatic heterocycles. The van der Waals surface area contributed by atoms with Crippen LogP contribution in [0.5, 0.6) is 11.5 Å². The minimum Gasteiger partial charge on any atom is -0.493 e. The van der Waals surface area contributed by atoms with Crippen molar-refractivity contribution < 1.29 is 54.9 Å². The number of carbonyl (C=O) groups is 2. The number of hydrogen-bond donors (Lipinski definition) is 0. The Morgan fingerprint density at radius 3 is 2.00 bits per heavy atom. The van der Waals surface area contributed by atoms with Crippen LogP contribution in [-0.4, -0.2) is 50.6 Å². The average Bonchev–Trinajstić information content (AvgIpc) is 2.93. The highest BCUT2D eigenvalue weighted by molar-refractivity contribution is 5.91. The third-order valence-corrected chi connectivity index (χ3v) is 6.96. The lowest BCUT2D eigenvalue weighted by Gasteiger charge is -2.43. The molecule has 0 fully saturated rings. The van der Waals surface area contributed by atoms with E-state index in [1.807, 2.05) is 6.92 Å². The molecule has 1 aliphatic heterocycles. The number of alkyl halides is 6. The summed E-state index contributed by atoms with van der Waals surface area (Å²) in [6.07, 6.45) is -10.6. The first-order valence-corrected chi connectivity index (χ1v) is 13.6. The number of benzene rings is 2. The quantitative estimate of drug-likeness (QED) is 0.209. The van der Waals surface area contributed by atoms with Crippen molar-refractivity contribution in [3.8, 4) is 11.5 Å². The number of rotatable bonds is 9. The predicted octanol–water partition coefficient (Wildman–Crippen LogP) is 7.98. The van der Waals surface area contributed by atoms with Crippen molar-refractivity contribution in [1.29, 1.82) is 0 Å². The molecule has 2 amide bonds. The maximum atomic E-state index is 13.6. The highest BCUT2D eigenvalue weighted by Gasteiger charge is 2.42. The molecule has 0 saturated carbocycles. The normalized spacial score (nSPS) is 16.8. The lowest BCUT2D eigenvalue weighted by molar-refractivity contribution is -0.143. The Labute approximate surface area is 245 Å². The fourth-order valence-corrected chi connectivity index (χ4v) is 4.91. The Morgan fingerprint density at radius 2 is 1.49 bits per heavy atom. The molecule has 1 aliphatic rings. The number of anilines is 1. The van der Waals surface area contributed by atoms with Gasteiger partial charge in [-0.2, -0.15) is 26.3 Å². The van der Waals surface area contributed by atoms with Gasteiger partial charge < -0.3 is 18.9 Å². The summed E-state index contributed by atoms with van der Waals surface area (Å²) >= 11 is 0. The standard InChI is InChI=1S/C29H34F6N2O6/c1-6-8-9-43-26(38)36(16-18-11-19(28(30,31)32)13-20(12-18)29(33,34)35)22-10-17(3)37(27(39)42-7-2)23-15-25(41-5)24(40-4)14-21(22)23/h11-15,17,22H,6-10,16H2,1-5H3/t17-,22+/m1/s1. The van der Waals surface area contributed by atoms with Crippen LogP contribution in [0.3, 0.4) is 0 Å². The lowest BCUT2D eigenvalue weighted by atomic mass is 9.90. The first-order valence-electron chi connectivity index (χ1n) is 13.6. The van der Waals surface area contributed by atoms with E-state index >= 15 is 0 Å². The van der Waals surface area contributed by atoms with Crippen LogP contribution >= 0.6 is 0 Å². The van der Waals surface area contributed by atoms with Gasteiger partial charge in [-0.3, -0.25) is 9.80 Å². The van der Waals surface area contributed by atoms with Crippen LogP contribution in [0.25, 0.3) is 0 Å². The maximum absolute atomic E-state index is 13.6. The van der Waals surface area contributed by atoms with Gasteiger partial charge in [0.1, 0.15) is 0 Å². The summed E-state index contributed by atoms with van der Waals surface area (Å²) in [6, 6.07) is 2.63. The zero-order valence-electron chi connectivity index (χ0n) is 24.4. The van der Waals surface area contributed by atoms with Crippen LogP contribution < -0.4 is 14.4 Å². The van der Waals surface area contributed by atoms with E-state index in [-0.39, 0.29) is 42.9 Å². The lowest BCUT2D eigenvalue weighted by Crippen LogP contribution is -2.47. The molecule has 0 radical (unpaired) electrons. The second-order valence-corrected chi connectivity index (χ2v) is 9.95. The van der Waals surface area contributed by atoms with Gasteiger partial charge >= 0.3 is 24.5 Å². The zero-order chi connectivity index (χ0) is 32.1. The summed E-state index contributed by atoms with van der Waals surface area (Å²) in [6.45, 7) is 4.57. The Hall–Kier alpha value is -3.84. The topological polar surface area (TPSA) is 77.5 Å². The molecule has 0 spiro atoms. The smallest absolute Gasteiger partial charge is 0.416 e. The zero-order valence-corrected chi connectivity index (χ0v) is 24.4. The van der Waals surface area contributed by atoms with E-state index in [4.69, 9.17) is 18.9 Å². The second kappa shape index (κ2) is 13.6. The summed E-state index contributed by atoms with van der Waals surface area (Å²) in [5.41, 5.74) is -2.81. The molecule has 3 rings (SSSR count). The molecule has 2 atom stereocenters. The van der Waals surface area contributed by atoms with Crippen molar-refractivity contribution in [2.75, 3.05) is 32.3 Å². The summed E-state index contributed by atoms with van der Waals surface area (Å²) in [5.74, 6) is 0.468. The summed E-state index contributed by atoms with van der Waals surface area (Å²) in [7, 11) is 2.75. The van der Waals surface area contributed by atoms with E-state index in [0.29, 0.717) is 30.5 Å². The molecule has 0 saturated heterocycles. The summed E-state index contributed by atoms with van der Waals surface area (Å²) in [4.78, 5) is 28.9. The molecule has 0 aliphatic carbocycles. The molecule has 43 heavy (non-hydrogen) atoms. The van der Waals surface area contributed by atoms with Crippen molar-refractivity contribution in [3.63, 3.8) is 0 Å². The van der Waals surface area contributed by atoms with E-state index in [9.17, 15) is 35.9 Å². The van der Waals surface area contributed by atoms with Crippen LogP contribution in [0.15, 0.2) is 30.3 Å². The van der Waals surface area contributed by atoms with Gasteiger partial charge in [0.05, 0.1) is 50.3 Å². The van der Waals surface area contributed by atoms with Crippen LogP contribution in [-0.2, 0) is 28.4 Å². The van der Waals surface area contributed by atoms with Crippen molar-refractivity contribution in [3.05, 3.63) is 52.6 Å². The van der Waals surface area contributed by atoms with E-state index < -0.39 is 59.9 Å². The van der Waals surface area contributed by atoms with Crippen LogP contribution in [0.4, 0.5) is 41.6 Å². The summed E-state index contributed by atoms with van der Waals surface area (Å²) in [5, 5.41) is 0. The van der Waals surface area contributed by atoms with Crippen molar-refractivity contribution in [1.82, 2.24) is 4.90 Å². The third kappa shape index (κ3) is 7.77. The Balaban J connectivity index is 2.22. The van der Waals surface area contributed by atoms with Crippen LogP contribution in [0, 0.1) is 0 Å². The molecule has 14 heteroatoms. The van der Waals surface area contributed by atoms with Crippen molar-refractivity contribution in [2.24, 2.45) is 0 Å². The second-order valence-electron chi connectivity index (χ2n) is 9.95. The molecular formula is C29H34F6N2O6. The molecular weight excluding hydrogens is 586 g/mol. The number of nitrogens with zero attached hydrogens (tertiary/aromatic N) is 2. The fraction of sp³-hybridized carbons (Fsp3) is 0.517. The molecule has 0 bridgehead atoms. The van der Waals surface area contributed by atoms with Gasteiger partial charge in [-0.05, 0) is 56.5 Å². The molecule has 0 unspecified atom stereocenters. The van der Waals surface area contributed by atoms with Crippen molar-refractivity contribution >= 4 is 17.9 Å². The monoisotopic (exact) mass is 620 g/mol. The third-order valence-electron chi connectivity index (χ3n) is 6.96. The number of hydrogen-bond acceptors (Lipinski definition) is 6. The van der Waals surface area contributed by atoms with Gasteiger partial charge in [0.25, 0.3) is 0 Å². The van der Waals surface area contributed by atoms with E-state index in [0.717, 1.165) is 4.90 Å². The average molecular weight is 621 g/mol. The largest absolute Gasteiger partial charge is 0.493 e. The van der Waals surface area contributed by atoms with Gasteiger partial charge in [-0.1, -0.05) is 13.3 Å². The van der Waals surface area contributed by atoms with Crippen LogP contribution in [0.2, 0.25) is 0 Å². The van der Waals surface area contributed by atoms with E-state index in [1.165, 1.54) is 31.3 Å². The number of fused-ring (bicyclic) bond motifs is 1. The van der Waals surface area contributed by atoms with E-state index in [2.05, 4.69) is 0 Å². The Bertz CT molecular complexity index is 1270. The molecule has 8 nitrogen and oxygen atoms in total. The SMILES string of the molecule is CCCCOC(=O)N(Cc1cc(C(F)(F)F)cc(C(F)(F)F)c1)[C@H]1C[C@@H](C)N(C(=O)OCC)c2cc(OC)c(OC)cc21. The number of halogens is 6. The number of unbranched alkanes of at least 4 members (excludes halogenated alkanes) is 1. The predicted molar refractivity (Wildman–Crippen MR) is 144 cm³/mol. The number of carbonyl (C=O) groups excluding carboxylic acids is 2. The highest BCUT2D eigenvalue weighted by atomic mass is 19.4. The minimum absolute atomic E-state index is 0.0156. The molecule has 238 valence electrons. The van der Waals surface area contributed by atoms with Crippen LogP contribution in [0.1, 0.15) is 68.3 Å². The molecule has 2 aromatic carbocycles. The van der Waals surface area contributed by atoms with Gasteiger partial charge in [0.15, 0.2) is 11.5 Å². The van der Waals surface area contributed by atoms with Gasteiger partial charge in [-0.25, -0.2) is 9.59 Å². The minimum atomic E-state index is -5.07. The maximum Gasteiger partial charge on any atom is 0.416 e. The molecule has 1 heterocycles. The molecule has 2 aromatic rings. The Morgan fingerprint density at radius 1 is 0.907 bits per heavy atom. The first-order chi connectivity index (χ1) is 20.2. The van der Waals surface area contributed by atoms with Crippen molar-refractivity contribution in [2.45, 2.75) is 71.0 Å². The first kappa shape index (κ1) is 33.7. The van der Waals surface area contributed by atoms with Gasteiger partial charge in [0, 0.05) is 24.2 Å². The highest BCUT2D eigenvalue weighted by Crippen LogP contribution is 2.47. The van der Waals surface area contributed by atoms with Gasteiger partial charge in [0.2, 0.25) is 0 Å².